The van der Waals surface area contributed by atoms with E-state index in [2.05, 4.69) is 5.92 Å². The zero-order valence-electron chi connectivity index (χ0n) is 5.59. The molecule has 0 aliphatic rings. The third kappa shape index (κ3) is 3.36. The normalized spacial score (nSPS) is 9.00. The molecule has 0 N–H and O–H groups in total. The van der Waals surface area contributed by atoms with Gasteiger partial charge in [-0.05, 0) is 6.08 Å². The third-order valence-corrected chi connectivity index (χ3v) is 0.763. The zero-order valence-corrected chi connectivity index (χ0v) is 5.59. The number of hydrogen-bond donors (Lipinski definition) is 0. The van der Waals surface area contributed by atoms with Crippen molar-refractivity contribution in [1.82, 2.24) is 4.90 Å². The molecule has 0 aromatic heterocycles. The first-order chi connectivity index (χ1) is 4.18. The molecule has 0 unspecified atom stereocenters. The van der Waals surface area contributed by atoms with Crippen LogP contribution in [-0.4, -0.2) is 24.9 Å². The Bertz CT molecular complexity index is 162. The first kappa shape index (κ1) is 7.77. The standard InChI is InChI=1S/C7H9NO/c1-4-5-6-7(9)8(2)3/h1,5-6H,2-3H3/b6-5-. The lowest BCUT2D eigenvalue weighted by molar-refractivity contribution is -0.123. The van der Waals surface area contributed by atoms with Gasteiger partial charge in [0.2, 0.25) is 5.91 Å². The summed E-state index contributed by atoms with van der Waals surface area (Å²) in [5.74, 6) is 2.14. The summed E-state index contributed by atoms with van der Waals surface area (Å²) >= 11 is 0. The van der Waals surface area contributed by atoms with Crippen molar-refractivity contribution in [3.05, 3.63) is 12.2 Å². The summed E-state index contributed by atoms with van der Waals surface area (Å²) < 4.78 is 0. The molecule has 0 radical (unpaired) electrons. The fourth-order valence-corrected chi connectivity index (χ4v) is 0.268. The Balaban J connectivity index is 3.81. The van der Waals surface area contributed by atoms with Crippen molar-refractivity contribution in [2.24, 2.45) is 0 Å². The van der Waals surface area contributed by atoms with Crippen molar-refractivity contribution in [2.75, 3.05) is 14.1 Å². The maximum absolute atomic E-state index is 10.6. The molecule has 0 aromatic rings. The van der Waals surface area contributed by atoms with Crippen molar-refractivity contribution in [1.29, 1.82) is 0 Å². The molecule has 0 bridgehead atoms. The summed E-state index contributed by atoms with van der Waals surface area (Å²) in [6, 6.07) is 0. The first-order valence-electron chi connectivity index (χ1n) is 2.52. The highest BCUT2D eigenvalue weighted by molar-refractivity contribution is 5.87. The van der Waals surface area contributed by atoms with Gasteiger partial charge in [-0.3, -0.25) is 4.79 Å². The zero-order chi connectivity index (χ0) is 7.28. The van der Waals surface area contributed by atoms with Crippen LogP contribution in [0.5, 0.6) is 0 Å². The molecule has 0 atom stereocenters. The lowest BCUT2D eigenvalue weighted by Crippen LogP contribution is -2.18. The van der Waals surface area contributed by atoms with Crippen molar-refractivity contribution in [3.8, 4) is 12.3 Å². The molecule has 2 nitrogen and oxygen atoms in total. The van der Waals surface area contributed by atoms with Gasteiger partial charge in [0.15, 0.2) is 0 Å². The smallest absolute Gasteiger partial charge is 0.246 e. The highest BCUT2D eigenvalue weighted by Gasteiger charge is 1.93. The quantitative estimate of drug-likeness (QED) is 0.362. The Morgan fingerprint density at radius 1 is 1.67 bits per heavy atom. The van der Waals surface area contributed by atoms with Crippen LogP contribution in [0.2, 0.25) is 0 Å². The minimum Gasteiger partial charge on any atom is -0.345 e. The summed E-state index contributed by atoms with van der Waals surface area (Å²) in [5.41, 5.74) is 0. The largest absolute Gasteiger partial charge is 0.345 e. The van der Waals surface area contributed by atoms with E-state index in [1.54, 1.807) is 14.1 Å². The molecule has 0 heterocycles. The second kappa shape index (κ2) is 3.73. The van der Waals surface area contributed by atoms with E-state index in [4.69, 9.17) is 6.42 Å². The van der Waals surface area contributed by atoms with Gasteiger partial charge in [-0.25, -0.2) is 0 Å². The molecule has 48 valence electrons. The average Bonchev–Trinajstić information content (AvgIpc) is 1.82. The van der Waals surface area contributed by atoms with Crippen LogP contribution < -0.4 is 0 Å². The molecule has 0 aliphatic carbocycles. The Kier molecular flexibility index (Phi) is 3.22. The van der Waals surface area contributed by atoms with Gasteiger partial charge in [-0.2, -0.15) is 0 Å². The SMILES string of the molecule is C#C/C=C\C(=O)N(C)C. The Morgan fingerprint density at radius 3 is 2.56 bits per heavy atom. The molecule has 0 saturated carbocycles. The van der Waals surface area contributed by atoms with Crippen LogP contribution in [0.1, 0.15) is 0 Å². The molecule has 0 rings (SSSR count). The van der Waals surface area contributed by atoms with E-state index in [1.165, 1.54) is 17.1 Å². The molecule has 0 spiro atoms. The van der Waals surface area contributed by atoms with Crippen molar-refractivity contribution in [3.63, 3.8) is 0 Å². The number of terminal acetylenes is 1. The summed E-state index contributed by atoms with van der Waals surface area (Å²) in [5, 5.41) is 0. The number of hydrogen-bond acceptors (Lipinski definition) is 1. The lowest BCUT2D eigenvalue weighted by atomic mass is 10.4. The maximum Gasteiger partial charge on any atom is 0.246 e. The van der Waals surface area contributed by atoms with Crippen molar-refractivity contribution in [2.45, 2.75) is 0 Å². The Hall–Kier alpha value is -1.23. The van der Waals surface area contributed by atoms with Crippen LogP contribution in [0.15, 0.2) is 12.2 Å². The monoisotopic (exact) mass is 123 g/mol. The first-order valence-corrected chi connectivity index (χ1v) is 2.52. The molecule has 2 heteroatoms. The van der Waals surface area contributed by atoms with Gasteiger partial charge >= 0.3 is 0 Å². The molecule has 0 aromatic carbocycles. The summed E-state index contributed by atoms with van der Waals surface area (Å²) in [6.45, 7) is 0. The number of nitrogens with zero attached hydrogens (tertiary/aromatic N) is 1. The van der Waals surface area contributed by atoms with Crippen LogP contribution in [0, 0.1) is 12.3 Å². The van der Waals surface area contributed by atoms with Crippen molar-refractivity contribution < 1.29 is 4.79 Å². The van der Waals surface area contributed by atoms with Crippen LogP contribution in [-0.2, 0) is 4.79 Å². The highest BCUT2D eigenvalue weighted by atomic mass is 16.2. The number of carbonyl (C=O) groups is 1. The van der Waals surface area contributed by atoms with Gasteiger partial charge in [0.1, 0.15) is 0 Å². The molecule has 0 fully saturated rings. The Morgan fingerprint density at radius 2 is 2.22 bits per heavy atom. The minimum absolute atomic E-state index is 0.0899. The van der Waals surface area contributed by atoms with Crippen LogP contribution in [0.3, 0.4) is 0 Å². The number of amides is 1. The second-order valence-corrected chi connectivity index (χ2v) is 1.73. The Labute approximate surface area is 55.2 Å². The van der Waals surface area contributed by atoms with Gasteiger partial charge in [-0.15, -0.1) is 6.42 Å². The number of likely N-dealkylation sites (N-methyl/N-ethyl adjacent to an activating group) is 1. The third-order valence-electron chi connectivity index (χ3n) is 0.763. The average molecular weight is 123 g/mol. The van der Waals surface area contributed by atoms with E-state index in [0.29, 0.717) is 0 Å². The number of rotatable bonds is 1. The van der Waals surface area contributed by atoms with E-state index in [9.17, 15) is 4.79 Å². The molecule has 9 heavy (non-hydrogen) atoms. The van der Waals surface area contributed by atoms with Crippen LogP contribution in [0.25, 0.3) is 0 Å². The lowest BCUT2D eigenvalue weighted by Gasteiger charge is -2.03. The van der Waals surface area contributed by atoms with E-state index >= 15 is 0 Å². The molecular weight excluding hydrogens is 114 g/mol. The van der Waals surface area contributed by atoms with E-state index < -0.39 is 0 Å². The predicted octanol–water partition coefficient (Wildman–Crippen LogP) is 0.264. The predicted molar refractivity (Wildman–Crippen MR) is 36.7 cm³/mol. The van der Waals surface area contributed by atoms with E-state index in [1.807, 2.05) is 0 Å². The topological polar surface area (TPSA) is 20.3 Å². The maximum atomic E-state index is 10.6. The van der Waals surface area contributed by atoms with Gasteiger partial charge in [0, 0.05) is 20.2 Å². The minimum atomic E-state index is -0.0899. The number of carbonyl (C=O) groups excluding carboxylic acids is 1. The van der Waals surface area contributed by atoms with Crippen LogP contribution in [0.4, 0.5) is 0 Å². The molecule has 0 saturated heterocycles. The molecule has 0 aliphatic heterocycles. The fourth-order valence-electron chi connectivity index (χ4n) is 0.268. The van der Waals surface area contributed by atoms with Gasteiger partial charge in [0.05, 0.1) is 0 Å². The second-order valence-electron chi connectivity index (χ2n) is 1.73. The highest BCUT2D eigenvalue weighted by Crippen LogP contribution is 1.79. The van der Waals surface area contributed by atoms with E-state index in [0.717, 1.165) is 0 Å². The number of allylic oxidation sites excluding steroid dienone is 1. The van der Waals surface area contributed by atoms with E-state index in [-0.39, 0.29) is 5.91 Å². The fraction of sp³-hybridized carbons (Fsp3) is 0.286. The van der Waals surface area contributed by atoms with Crippen LogP contribution >= 0.6 is 0 Å². The van der Waals surface area contributed by atoms with Crippen molar-refractivity contribution >= 4 is 5.91 Å². The molecule has 1 amide bonds. The summed E-state index contributed by atoms with van der Waals surface area (Å²) in [7, 11) is 3.34. The van der Waals surface area contributed by atoms with Gasteiger partial charge in [-0.1, -0.05) is 5.92 Å². The van der Waals surface area contributed by atoms with Gasteiger partial charge in [0.25, 0.3) is 0 Å². The van der Waals surface area contributed by atoms with Gasteiger partial charge < -0.3 is 4.90 Å². The summed E-state index contributed by atoms with van der Waals surface area (Å²) in [6.07, 6.45) is 7.59. The molecular formula is C7H9NO. The summed E-state index contributed by atoms with van der Waals surface area (Å²) in [4.78, 5) is 12.1.